The van der Waals surface area contributed by atoms with Crippen LogP contribution in [0, 0.1) is 3.70 Å². The molecule has 94 heavy (non-hydrogen) atoms. The van der Waals surface area contributed by atoms with Gasteiger partial charge in [-0.15, -0.1) is 12.4 Å². The molecule has 514 valence electrons. The second-order valence-electron chi connectivity index (χ2n) is 20.3. The lowest BCUT2D eigenvalue weighted by Crippen LogP contribution is -2.22. The predicted molar refractivity (Wildman–Crippen MR) is 376 cm³/mol. The first-order chi connectivity index (χ1) is 44.9. The van der Waals surface area contributed by atoms with Crippen LogP contribution in [0.1, 0.15) is 149 Å². The number of carbonyl (C=O) groups is 4. The standard InChI is InChI=1S/C19H25N7O2.C17H22N8O2.C13H21N3O2.C9H19NO2.C4H3IN2.ClH.H3P/c1-3-28-17(27)8-6-4-5-7-11-26(16-13-20-9-10-21-16)19-18-15(22-14-23-19)12-24-25(18)2;1-24-16-13(10-22-24)20-12-21-17(16)25(14-11-18-7-8-19-14)9-5-3-2-4-6-15(26)23-27;1-2-18-13(17)7-5-3-4-6-8-15-12-11-14-9-10-16-12;1-2-12-9(11)7-5-3-4-6-8-10;5-4-3-6-1-2-7-4;;/h9-10,12-14H,3-8,11H2,1-2H3;7-8,10-12,27H,2-6,9H2,1H3,(H,23,26);9-11H,2-8H2,1H3,(H,15,16);2-8,10H2,1H3;1-3H;1H;1H3. The molecule has 8 aromatic rings. The second-order valence-corrected chi connectivity index (χ2v) is 21.4. The lowest BCUT2D eigenvalue weighted by atomic mass is 10.1. The van der Waals surface area contributed by atoms with Gasteiger partial charge >= 0.3 is 17.9 Å². The fraction of sp³-hybridized carbons (Fsp3) is 0.516. The Kier molecular flexibility index (Phi) is 45.0. The monoisotopic (exact) mass is 1450 g/mol. The number of nitrogens with zero attached hydrogens (tertiary/aromatic N) is 18. The highest BCUT2D eigenvalue weighted by Gasteiger charge is 2.20. The predicted octanol–water partition coefficient (Wildman–Crippen LogP) is 9.97. The van der Waals surface area contributed by atoms with Crippen molar-refractivity contribution in [2.75, 3.05) is 61.1 Å². The molecule has 0 aliphatic carbocycles. The zero-order chi connectivity index (χ0) is 66.2. The molecule has 1 amide bonds. The topological polar surface area (TPSA) is 363 Å². The van der Waals surface area contributed by atoms with Gasteiger partial charge in [-0.05, 0) is 101 Å². The van der Waals surface area contributed by atoms with Crippen molar-refractivity contribution in [2.45, 2.75) is 149 Å². The van der Waals surface area contributed by atoms with Gasteiger partial charge in [0.05, 0.1) is 57.0 Å². The maximum atomic E-state index is 11.4. The molecule has 8 rings (SSSR count). The quantitative estimate of drug-likeness (QED) is 0.00545. The number of carbonyl (C=O) groups excluding carboxylic acids is 4. The van der Waals surface area contributed by atoms with Crippen molar-refractivity contribution in [3.05, 3.63) is 103 Å². The van der Waals surface area contributed by atoms with Crippen molar-refractivity contribution in [2.24, 2.45) is 19.8 Å². The van der Waals surface area contributed by atoms with Gasteiger partial charge in [0.2, 0.25) is 5.91 Å². The maximum absolute atomic E-state index is 11.4. The van der Waals surface area contributed by atoms with E-state index in [-0.39, 0.29) is 46.1 Å². The molecule has 29 nitrogen and oxygen atoms in total. The number of esters is 3. The summed E-state index contributed by atoms with van der Waals surface area (Å²) in [6.07, 6.45) is 44.0. The van der Waals surface area contributed by atoms with Crippen LogP contribution in [0.2, 0.25) is 0 Å². The van der Waals surface area contributed by atoms with Crippen molar-refractivity contribution in [3.63, 3.8) is 0 Å². The second kappa shape index (κ2) is 51.5. The first-order valence-corrected chi connectivity index (χ1v) is 32.4. The van der Waals surface area contributed by atoms with E-state index in [0.29, 0.717) is 57.9 Å². The SMILES string of the molecule is CCOC(=O)CCCCCCN.CCOC(=O)CCCCCCN(c1cnccn1)c1ncnc2cnn(C)c12.CCOC(=O)CCCCCCNc1cnccn1.Cl.Cn1ncc2ncnc(N(CCCCCCC(=O)NO)c3cnccn3)c21.Ic1cnccn1.P. The number of fused-ring (bicyclic) bond motifs is 2. The molecular formula is C62H94ClIN21O8P. The van der Waals surface area contributed by atoms with E-state index in [1.54, 1.807) is 108 Å². The third kappa shape index (κ3) is 33.3. The van der Waals surface area contributed by atoms with Gasteiger partial charge in [0.25, 0.3) is 0 Å². The Labute approximate surface area is 573 Å². The summed E-state index contributed by atoms with van der Waals surface area (Å²) >= 11 is 2.11. The number of hydrogen-bond acceptors (Lipinski definition) is 26. The minimum absolute atomic E-state index is 0. The van der Waals surface area contributed by atoms with E-state index < -0.39 is 0 Å². The van der Waals surface area contributed by atoms with Gasteiger partial charge in [-0.25, -0.2) is 45.4 Å². The molecule has 5 N–H and O–H groups in total. The van der Waals surface area contributed by atoms with E-state index >= 15 is 0 Å². The molecule has 0 bridgehead atoms. The minimum atomic E-state index is -0.351. The van der Waals surface area contributed by atoms with Crippen molar-refractivity contribution >= 4 is 120 Å². The van der Waals surface area contributed by atoms with E-state index in [1.807, 2.05) is 44.7 Å². The van der Waals surface area contributed by atoms with Crippen molar-refractivity contribution in [1.82, 2.24) is 84.8 Å². The van der Waals surface area contributed by atoms with Crippen molar-refractivity contribution in [3.8, 4) is 0 Å². The van der Waals surface area contributed by atoms with Gasteiger partial charge in [-0.2, -0.15) is 20.1 Å². The summed E-state index contributed by atoms with van der Waals surface area (Å²) in [5, 5.41) is 20.3. The van der Waals surface area contributed by atoms with E-state index in [1.165, 1.54) is 6.33 Å². The van der Waals surface area contributed by atoms with Crippen LogP contribution in [-0.4, -0.2) is 154 Å². The number of amides is 1. The van der Waals surface area contributed by atoms with Crippen LogP contribution < -0.4 is 26.3 Å². The molecule has 1 unspecified atom stereocenters. The number of hydrogen-bond donors (Lipinski definition) is 4. The summed E-state index contributed by atoms with van der Waals surface area (Å²) in [5.74, 6) is 3.11. The Morgan fingerprint density at radius 1 is 0.500 bits per heavy atom. The average Bonchev–Trinajstić information content (AvgIpc) is 1.57. The molecule has 0 radical (unpaired) electrons. The number of ether oxygens (including phenoxy) is 3. The Balaban J connectivity index is 0.000000424. The smallest absolute Gasteiger partial charge is 0.305 e. The third-order valence-electron chi connectivity index (χ3n) is 13.3. The molecule has 8 heterocycles. The van der Waals surface area contributed by atoms with Gasteiger partial charge in [0, 0.05) is 109 Å². The van der Waals surface area contributed by atoms with Gasteiger partial charge in [-0.3, -0.25) is 53.7 Å². The minimum Gasteiger partial charge on any atom is -0.466 e. The van der Waals surface area contributed by atoms with Crippen LogP contribution in [-0.2, 0) is 47.5 Å². The molecule has 0 saturated heterocycles. The third-order valence-corrected chi connectivity index (χ3v) is 13.9. The Morgan fingerprint density at radius 2 is 0.904 bits per heavy atom. The molecule has 0 spiro atoms. The van der Waals surface area contributed by atoms with E-state index in [9.17, 15) is 19.2 Å². The number of rotatable bonds is 35. The zero-order valence-electron chi connectivity index (χ0n) is 54.8. The first kappa shape index (κ1) is 82.2. The molecule has 0 aromatic carbocycles. The largest absolute Gasteiger partial charge is 0.466 e. The molecule has 8 aromatic heterocycles. The van der Waals surface area contributed by atoms with Crippen LogP contribution in [0.5, 0.6) is 0 Å². The van der Waals surface area contributed by atoms with Crippen LogP contribution in [0.3, 0.4) is 0 Å². The van der Waals surface area contributed by atoms with Crippen LogP contribution in [0.4, 0.5) is 29.1 Å². The number of anilines is 5. The summed E-state index contributed by atoms with van der Waals surface area (Å²) in [6.45, 7) is 9.94. The normalized spacial score (nSPS) is 10.2. The Hall–Kier alpha value is -7.93. The average molecular weight is 1450 g/mol. The van der Waals surface area contributed by atoms with Gasteiger partial charge in [-0.1, -0.05) is 51.4 Å². The number of hydroxylamine groups is 1. The lowest BCUT2D eigenvalue weighted by molar-refractivity contribution is -0.144. The molecule has 1 atom stereocenters. The number of nitrogens with one attached hydrogen (secondary N) is 2. The van der Waals surface area contributed by atoms with Gasteiger partial charge in [0.15, 0.2) is 23.3 Å². The number of aryl methyl sites for hydroxylation is 2. The zero-order valence-corrected chi connectivity index (χ0v) is 59.1. The van der Waals surface area contributed by atoms with Crippen LogP contribution >= 0.6 is 44.9 Å². The number of unbranched alkanes of at least 4 members (excludes halogenated alkanes) is 12. The molecule has 0 saturated carbocycles. The van der Waals surface area contributed by atoms with Crippen molar-refractivity contribution < 1.29 is 38.6 Å². The highest BCUT2D eigenvalue weighted by atomic mass is 127. The summed E-state index contributed by atoms with van der Waals surface area (Å²) in [4.78, 5) is 99.0. The molecule has 0 aliphatic rings. The fourth-order valence-electron chi connectivity index (χ4n) is 8.85. The molecule has 32 heteroatoms. The lowest BCUT2D eigenvalue weighted by Gasteiger charge is -2.23. The van der Waals surface area contributed by atoms with E-state index in [4.69, 9.17) is 25.2 Å². The molecule has 0 fully saturated rings. The van der Waals surface area contributed by atoms with Crippen LogP contribution in [0.15, 0.2) is 99.4 Å². The van der Waals surface area contributed by atoms with Crippen LogP contribution in [0.25, 0.3) is 22.1 Å². The fourth-order valence-corrected chi connectivity index (χ4v) is 9.17. The van der Waals surface area contributed by atoms with Crippen molar-refractivity contribution in [1.29, 1.82) is 0 Å². The number of nitrogens with two attached hydrogens (primary N) is 1. The van der Waals surface area contributed by atoms with E-state index in [0.717, 1.165) is 171 Å². The summed E-state index contributed by atoms with van der Waals surface area (Å²) < 4.78 is 19.1. The number of aromatic nitrogens is 16. The first-order valence-electron chi connectivity index (χ1n) is 31.3. The summed E-state index contributed by atoms with van der Waals surface area (Å²) in [7, 11) is 3.73. The van der Waals surface area contributed by atoms with Gasteiger partial charge in [0.1, 0.15) is 44.2 Å². The van der Waals surface area contributed by atoms with Gasteiger partial charge < -0.3 is 35.1 Å². The Bertz CT molecular complexity index is 3270. The highest BCUT2D eigenvalue weighted by molar-refractivity contribution is 14.1. The highest BCUT2D eigenvalue weighted by Crippen LogP contribution is 2.30. The molecule has 0 aliphatic heterocycles. The molecular weight excluding hydrogens is 1360 g/mol. The number of halogens is 2. The van der Waals surface area contributed by atoms with E-state index in [2.05, 4.69) is 97.9 Å². The summed E-state index contributed by atoms with van der Waals surface area (Å²) in [5.41, 5.74) is 10.2. The Morgan fingerprint density at radius 3 is 1.28 bits per heavy atom. The maximum Gasteiger partial charge on any atom is 0.305 e. The summed E-state index contributed by atoms with van der Waals surface area (Å²) in [6, 6.07) is 0.